The molecule has 0 bridgehead atoms. The zero-order valence-corrected chi connectivity index (χ0v) is 14.2. The van der Waals surface area contributed by atoms with Crippen molar-refractivity contribution in [2.75, 3.05) is 13.1 Å². The summed E-state index contributed by atoms with van der Waals surface area (Å²) in [5.41, 5.74) is 5.85. The maximum Gasteiger partial charge on any atom is 0.101 e. The third-order valence-corrected chi connectivity index (χ3v) is 3.87. The number of hydrogen-bond acceptors (Lipinski definition) is 2. The summed E-state index contributed by atoms with van der Waals surface area (Å²) in [5, 5.41) is 3.42. The molecule has 0 atom stereocenters. The van der Waals surface area contributed by atoms with Crippen LogP contribution in [0.1, 0.15) is 49.4 Å². The molecule has 3 heteroatoms. The number of nitrogens with one attached hydrogen (secondary N) is 1. The lowest BCUT2D eigenvalue weighted by Crippen LogP contribution is -2.31. The lowest BCUT2D eigenvalue weighted by Gasteiger charge is -2.23. The van der Waals surface area contributed by atoms with Crippen LogP contribution in [0.2, 0.25) is 0 Å². The van der Waals surface area contributed by atoms with Gasteiger partial charge in [0.15, 0.2) is 0 Å². The molecule has 112 valence electrons. The molecule has 1 aliphatic heterocycles. The SMILES string of the molecule is Cc1cc(C(C)(C)C)cc(C)c1CC1=NCCCN1.Cl. The van der Waals surface area contributed by atoms with Crippen molar-refractivity contribution in [3.63, 3.8) is 0 Å². The molecular formula is C17H27ClN2. The zero-order chi connectivity index (χ0) is 14.0. The van der Waals surface area contributed by atoms with E-state index in [4.69, 9.17) is 0 Å². The molecule has 20 heavy (non-hydrogen) atoms. The first-order valence-corrected chi connectivity index (χ1v) is 7.26. The minimum absolute atomic E-state index is 0. The van der Waals surface area contributed by atoms with Gasteiger partial charge in [0.1, 0.15) is 5.84 Å². The van der Waals surface area contributed by atoms with Crippen molar-refractivity contribution in [1.82, 2.24) is 5.32 Å². The predicted octanol–water partition coefficient (Wildman–Crippen LogP) is 3.96. The van der Waals surface area contributed by atoms with E-state index in [1.165, 1.54) is 22.3 Å². The molecule has 2 nitrogen and oxygen atoms in total. The first-order chi connectivity index (χ1) is 8.88. The van der Waals surface area contributed by atoms with Gasteiger partial charge in [0.05, 0.1) is 0 Å². The summed E-state index contributed by atoms with van der Waals surface area (Å²) in [7, 11) is 0. The summed E-state index contributed by atoms with van der Waals surface area (Å²) in [6, 6.07) is 4.68. The topological polar surface area (TPSA) is 24.4 Å². The lowest BCUT2D eigenvalue weighted by atomic mass is 9.83. The summed E-state index contributed by atoms with van der Waals surface area (Å²) in [5.74, 6) is 1.15. The summed E-state index contributed by atoms with van der Waals surface area (Å²) < 4.78 is 0. The van der Waals surface area contributed by atoms with Gasteiger partial charge in [0.2, 0.25) is 0 Å². The van der Waals surface area contributed by atoms with Crippen molar-refractivity contribution >= 4 is 18.2 Å². The van der Waals surface area contributed by atoms with Gasteiger partial charge in [-0.25, -0.2) is 0 Å². The molecule has 0 aliphatic carbocycles. The monoisotopic (exact) mass is 294 g/mol. The Bertz CT molecular complexity index is 475. The minimum atomic E-state index is 0. The standard InChI is InChI=1S/C17H26N2.ClH/c1-12-9-14(17(3,4)5)10-13(2)15(12)11-16-18-7-6-8-19-16;/h9-10H,6-8,11H2,1-5H3,(H,18,19);1H. The average Bonchev–Trinajstić information content (AvgIpc) is 2.33. The Morgan fingerprint density at radius 1 is 1.15 bits per heavy atom. The van der Waals surface area contributed by atoms with Crippen LogP contribution >= 0.6 is 12.4 Å². The second-order valence-corrected chi connectivity index (χ2v) is 6.62. The second kappa shape index (κ2) is 6.62. The molecule has 0 spiro atoms. The van der Waals surface area contributed by atoms with Gasteiger partial charge in [-0.05, 0) is 47.9 Å². The quantitative estimate of drug-likeness (QED) is 0.877. The van der Waals surface area contributed by atoms with Crippen LogP contribution in [-0.4, -0.2) is 18.9 Å². The highest BCUT2D eigenvalue weighted by atomic mass is 35.5. The molecule has 0 unspecified atom stereocenters. The predicted molar refractivity (Wildman–Crippen MR) is 90.5 cm³/mol. The van der Waals surface area contributed by atoms with Crippen LogP contribution < -0.4 is 5.32 Å². The normalized spacial score (nSPS) is 15.2. The van der Waals surface area contributed by atoms with Crippen molar-refractivity contribution < 1.29 is 0 Å². The van der Waals surface area contributed by atoms with Gasteiger partial charge in [-0.2, -0.15) is 0 Å². The van der Waals surface area contributed by atoms with E-state index in [0.29, 0.717) is 0 Å². The Kier molecular flexibility index (Phi) is 5.64. The molecular weight excluding hydrogens is 268 g/mol. The minimum Gasteiger partial charge on any atom is -0.373 e. The van der Waals surface area contributed by atoms with Crippen LogP contribution in [0, 0.1) is 13.8 Å². The van der Waals surface area contributed by atoms with Crippen LogP contribution in [0.4, 0.5) is 0 Å². The van der Waals surface area contributed by atoms with E-state index in [2.05, 4.69) is 57.1 Å². The van der Waals surface area contributed by atoms with E-state index in [9.17, 15) is 0 Å². The van der Waals surface area contributed by atoms with Crippen LogP contribution in [0.5, 0.6) is 0 Å². The first kappa shape index (κ1) is 17.0. The van der Waals surface area contributed by atoms with Gasteiger partial charge < -0.3 is 5.32 Å². The number of benzene rings is 1. The van der Waals surface area contributed by atoms with Gasteiger partial charge >= 0.3 is 0 Å². The fourth-order valence-corrected chi connectivity index (χ4v) is 2.57. The fraction of sp³-hybridized carbons (Fsp3) is 0.588. The van der Waals surface area contributed by atoms with Crippen LogP contribution in [0.15, 0.2) is 17.1 Å². The Morgan fingerprint density at radius 3 is 2.20 bits per heavy atom. The summed E-state index contributed by atoms with van der Waals surface area (Å²) in [6.45, 7) is 13.3. The Labute approximate surface area is 129 Å². The Hall–Kier alpha value is -1.02. The second-order valence-electron chi connectivity index (χ2n) is 6.62. The molecule has 1 heterocycles. The van der Waals surface area contributed by atoms with Crippen molar-refractivity contribution in [2.24, 2.45) is 4.99 Å². The van der Waals surface area contributed by atoms with Crippen molar-refractivity contribution in [2.45, 2.75) is 52.9 Å². The van der Waals surface area contributed by atoms with Crippen LogP contribution in [0.3, 0.4) is 0 Å². The maximum atomic E-state index is 4.58. The molecule has 1 aliphatic rings. The number of halogens is 1. The number of aliphatic imine (C=N–C) groups is 1. The molecule has 1 aromatic rings. The Morgan fingerprint density at radius 2 is 1.75 bits per heavy atom. The number of hydrogen-bond donors (Lipinski definition) is 1. The van der Waals surface area contributed by atoms with Crippen molar-refractivity contribution in [1.29, 1.82) is 0 Å². The maximum absolute atomic E-state index is 4.58. The van der Waals surface area contributed by atoms with E-state index in [-0.39, 0.29) is 17.8 Å². The molecule has 0 saturated carbocycles. The van der Waals surface area contributed by atoms with E-state index in [1.807, 2.05) is 0 Å². The van der Waals surface area contributed by atoms with Gasteiger partial charge in [-0.3, -0.25) is 4.99 Å². The molecule has 1 aromatic carbocycles. The smallest absolute Gasteiger partial charge is 0.101 e. The number of rotatable bonds is 2. The molecule has 0 aromatic heterocycles. The highest BCUT2D eigenvalue weighted by molar-refractivity contribution is 5.85. The molecule has 0 radical (unpaired) electrons. The molecule has 0 saturated heterocycles. The van der Waals surface area contributed by atoms with E-state index < -0.39 is 0 Å². The summed E-state index contributed by atoms with van der Waals surface area (Å²) >= 11 is 0. The molecule has 1 N–H and O–H groups in total. The van der Waals surface area contributed by atoms with Gasteiger partial charge in [0, 0.05) is 19.5 Å². The highest BCUT2D eigenvalue weighted by Gasteiger charge is 2.17. The van der Waals surface area contributed by atoms with Gasteiger partial charge in [-0.1, -0.05) is 32.9 Å². The third-order valence-electron chi connectivity index (χ3n) is 3.87. The molecule has 0 fully saturated rings. The number of aryl methyl sites for hydroxylation is 2. The lowest BCUT2D eigenvalue weighted by molar-refractivity contribution is 0.589. The Balaban J connectivity index is 0.00000200. The zero-order valence-electron chi connectivity index (χ0n) is 13.3. The number of amidine groups is 1. The number of nitrogens with zero attached hydrogens (tertiary/aromatic N) is 1. The van der Waals surface area contributed by atoms with E-state index in [0.717, 1.165) is 31.8 Å². The highest BCUT2D eigenvalue weighted by Crippen LogP contribution is 2.27. The van der Waals surface area contributed by atoms with Crippen LogP contribution in [0.25, 0.3) is 0 Å². The average molecular weight is 295 g/mol. The summed E-state index contributed by atoms with van der Waals surface area (Å²) in [6.07, 6.45) is 2.10. The molecule has 2 rings (SSSR count). The van der Waals surface area contributed by atoms with Crippen LogP contribution in [-0.2, 0) is 11.8 Å². The third kappa shape index (κ3) is 3.99. The van der Waals surface area contributed by atoms with Gasteiger partial charge in [0.25, 0.3) is 0 Å². The van der Waals surface area contributed by atoms with E-state index >= 15 is 0 Å². The van der Waals surface area contributed by atoms with Crippen molar-refractivity contribution in [3.05, 3.63) is 34.4 Å². The van der Waals surface area contributed by atoms with Crippen molar-refractivity contribution in [3.8, 4) is 0 Å². The molecule has 0 amide bonds. The fourth-order valence-electron chi connectivity index (χ4n) is 2.57. The summed E-state index contributed by atoms with van der Waals surface area (Å²) in [4.78, 5) is 4.58. The van der Waals surface area contributed by atoms with Gasteiger partial charge in [-0.15, -0.1) is 12.4 Å². The first-order valence-electron chi connectivity index (χ1n) is 7.26. The largest absolute Gasteiger partial charge is 0.373 e. The van der Waals surface area contributed by atoms with E-state index in [1.54, 1.807) is 0 Å².